The molecule has 0 aliphatic carbocycles. The van der Waals surface area contributed by atoms with E-state index in [0.717, 1.165) is 12.8 Å². The van der Waals surface area contributed by atoms with Crippen molar-refractivity contribution in [2.24, 2.45) is 5.73 Å². The molecule has 0 saturated heterocycles. The molecule has 0 aliphatic rings. The molecule has 0 saturated carbocycles. The maximum absolute atomic E-state index is 11.8. The molecule has 1 atom stereocenters. The first-order chi connectivity index (χ1) is 9.02. The Morgan fingerprint density at radius 1 is 1.32 bits per heavy atom. The molecule has 19 heavy (non-hydrogen) atoms. The lowest BCUT2D eigenvalue weighted by atomic mass is 10.1. The average Bonchev–Trinajstić information content (AvgIpc) is 2.31. The van der Waals surface area contributed by atoms with Crippen molar-refractivity contribution in [3.63, 3.8) is 0 Å². The third kappa shape index (κ3) is 5.42. The van der Waals surface area contributed by atoms with Crippen LogP contribution in [0.5, 0.6) is 0 Å². The molecule has 3 amide bonds. The second-order valence-corrected chi connectivity index (χ2v) is 4.59. The molecular formula is C14H21N3O2. The quantitative estimate of drug-likeness (QED) is 0.733. The normalized spacial score (nSPS) is 11.7. The predicted molar refractivity (Wildman–Crippen MR) is 75.9 cm³/mol. The van der Waals surface area contributed by atoms with Gasteiger partial charge in [0, 0.05) is 11.7 Å². The number of carbonyl (C=O) groups is 2. The van der Waals surface area contributed by atoms with Gasteiger partial charge >= 0.3 is 6.03 Å². The van der Waals surface area contributed by atoms with E-state index in [1.165, 1.54) is 0 Å². The molecule has 0 radical (unpaired) electrons. The van der Waals surface area contributed by atoms with Gasteiger partial charge in [-0.05, 0) is 25.0 Å². The van der Waals surface area contributed by atoms with E-state index in [9.17, 15) is 9.59 Å². The van der Waals surface area contributed by atoms with Gasteiger partial charge in [0.15, 0.2) is 0 Å². The van der Waals surface area contributed by atoms with E-state index >= 15 is 0 Å². The number of nitrogens with one attached hydrogen (secondary N) is 2. The van der Waals surface area contributed by atoms with Crippen LogP contribution in [-0.4, -0.2) is 18.0 Å². The molecule has 1 rings (SSSR count). The van der Waals surface area contributed by atoms with Crippen LogP contribution in [0.2, 0.25) is 0 Å². The van der Waals surface area contributed by atoms with Gasteiger partial charge in [0.2, 0.25) is 5.91 Å². The van der Waals surface area contributed by atoms with E-state index < -0.39 is 5.91 Å². The number of benzene rings is 1. The zero-order valence-electron chi connectivity index (χ0n) is 11.4. The smallest absolute Gasteiger partial charge is 0.319 e. The number of para-hydroxylation sites is 1. The van der Waals surface area contributed by atoms with Gasteiger partial charge in [0.1, 0.15) is 0 Å². The monoisotopic (exact) mass is 263 g/mol. The highest BCUT2D eigenvalue weighted by molar-refractivity contribution is 5.91. The van der Waals surface area contributed by atoms with Crippen molar-refractivity contribution >= 4 is 17.6 Å². The van der Waals surface area contributed by atoms with Crippen molar-refractivity contribution in [2.45, 2.75) is 39.2 Å². The molecule has 0 heterocycles. The maximum Gasteiger partial charge on any atom is 0.319 e. The fraction of sp³-hybridized carbons (Fsp3) is 0.429. The predicted octanol–water partition coefficient (Wildman–Crippen LogP) is 2.02. The van der Waals surface area contributed by atoms with Crippen LogP contribution in [0.15, 0.2) is 24.3 Å². The minimum atomic E-state index is -0.422. The summed E-state index contributed by atoms with van der Waals surface area (Å²) in [5, 5.41) is 5.59. The van der Waals surface area contributed by atoms with Crippen molar-refractivity contribution in [2.75, 3.05) is 5.32 Å². The van der Waals surface area contributed by atoms with Crippen molar-refractivity contribution in [1.29, 1.82) is 0 Å². The van der Waals surface area contributed by atoms with E-state index in [-0.39, 0.29) is 18.5 Å². The van der Waals surface area contributed by atoms with Crippen LogP contribution < -0.4 is 16.4 Å². The Hall–Kier alpha value is -2.04. The molecule has 1 aromatic carbocycles. The summed E-state index contributed by atoms with van der Waals surface area (Å²) in [5.41, 5.74) is 6.51. The highest BCUT2D eigenvalue weighted by Gasteiger charge is 2.10. The second-order valence-electron chi connectivity index (χ2n) is 4.59. The third-order valence-electron chi connectivity index (χ3n) is 2.73. The Morgan fingerprint density at radius 3 is 2.63 bits per heavy atom. The fourth-order valence-corrected chi connectivity index (χ4v) is 1.87. The molecular weight excluding hydrogens is 242 g/mol. The number of hydrogen-bond donors (Lipinski definition) is 3. The topological polar surface area (TPSA) is 84.2 Å². The first kappa shape index (κ1) is 15.0. The van der Waals surface area contributed by atoms with Crippen LogP contribution in [0, 0.1) is 0 Å². The summed E-state index contributed by atoms with van der Waals surface area (Å²) >= 11 is 0. The molecule has 0 aliphatic heterocycles. The Balaban J connectivity index is 2.65. The number of anilines is 1. The first-order valence-corrected chi connectivity index (χ1v) is 6.46. The van der Waals surface area contributed by atoms with E-state index in [1.54, 1.807) is 24.3 Å². The van der Waals surface area contributed by atoms with Crippen LogP contribution in [0.1, 0.15) is 32.3 Å². The van der Waals surface area contributed by atoms with Gasteiger partial charge in [0.25, 0.3) is 0 Å². The van der Waals surface area contributed by atoms with Gasteiger partial charge in [-0.15, -0.1) is 0 Å². The number of rotatable bonds is 6. The summed E-state index contributed by atoms with van der Waals surface area (Å²) in [7, 11) is 0. The zero-order valence-corrected chi connectivity index (χ0v) is 11.4. The number of carbonyl (C=O) groups excluding carboxylic acids is 2. The number of amides is 3. The Kier molecular flexibility index (Phi) is 5.85. The molecule has 0 spiro atoms. The highest BCUT2D eigenvalue weighted by Crippen LogP contribution is 2.15. The first-order valence-electron chi connectivity index (χ1n) is 6.46. The molecule has 1 aromatic rings. The number of nitrogens with two attached hydrogens (primary N) is 1. The van der Waals surface area contributed by atoms with E-state index in [4.69, 9.17) is 5.73 Å². The molecule has 104 valence electrons. The minimum absolute atomic E-state index is 0.112. The SMILES string of the molecule is CCCC(C)NC(=O)Nc1ccccc1CC(N)=O. The van der Waals surface area contributed by atoms with E-state index in [1.807, 2.05) is 6.92 Å². The molecule has 0 fully saturated rings. The van der Waals surface area contributed by atoms with E-state index in [0.29, 0.717) is 11.3 Å². The van der Waals surface area contributed by atoms with Gasteiger partial charge < -0.3 is 16.4 Å². The lowest BCUT2D eigenvalue weighted by Crippen LogP contribution is -2.36. The Bertz CT molecular complexity index is 446. The molecule has 5 heteroatoms. The Labute approximate surface area is 113 Å². The second kappa shape index (κ2) is 7.41. The minimum Gasteiger partial charge on any atom is -0.369 e. The van der Waals surface area contributed by atoms with Gasteiger partial charge in [-0.3, -0.25) is 4.79 Å². The molecule has 5 nitrogen and oxygen atoms in total. The number of primary amides is 1. The summed E-state index contributed by atoms with van der Waals surface area (Å²) in [4.78, 5) is 22.8. The molecule has 0 aromatic heterocycles. The van der Waals surface area contributed by atoms with Crippen LogP contribution in [-0.2, 0) is 11.2 Å². The largest absolute Gasteiger partial charge is 0.369 e. The van der Waals surface area contributed by atoms with Gasteiger partial charge in [-0.1, -0.05) is 31.5 Å². The van der Waals surface area contributed by atoms with Gasteiger partial charge in [-0.25, -0.2) is 4.79 Å². The van der Waals surface area contributed by atoms with Crippen molar-refractivity contribution in [3.05, 3.63) is 29.8 Å². The van der Waals surface area contributed by atoms with Gasteiger partial charge in [-0.2, -0.15) is 0 Å². The maximum atomic E-state index is 11.8. The lowest BCUT2D eigenvalue weighted by molar-refractivity contribution is -0.117. The fourth-order valence-electron chi connectivity index (χ4n) is 1.87. The number of urea groups is 1. The Morgan fingerprint density at radius 2 is 2.00 bits per heavy atom. The lowest BCUT2D eigenvalue weighted by Gasteiger charge is -2.15. The van der Waals surface area contributed by atoms with Crippen LogP contribution in [0.4, 0.5) is 10.5 Å². The molecule has 0 bridgehead atoms. The third-order valence-corrected chi connectivity index (χ3v) is 2.73. The average molecular weight is 263 g/mol. The molecule has 1 unspecified atom stereocenters. The zero-order chi connectivity index (χ0) is 14.3. The summed E-state index contributed by atoms with van der Waals surface area (Å²) in [6.07, 6.45) is 2.05. The summed E-state index contributed by atoms with van der Waals surface area (Å²) in [6.45, 7) is 4.02. The number of hydrogen-bond acceptors (Lipinski definition) is 2. The van der Waals surface area contributed by atoms with Crippen LogP contribution in [0.3, 0.4) is 0 Å². The summed E-state index contributed by atoms with van der Waals surface area (Å²) in [5.74, 6) is -0.422. The molecule has 4 N–H and O–H groups in total. The van der Waals surface area contributed by atoms with Crippen LogP contribution >= 0.6 is 0 Å². The van der Waals surface area contributed by atoms with Crippen molar-refractivity contribution < 1.29 is 9.59 Å². The van der Waals surface area contributed by atoms with E-state index in [2.05, 4.69) is 17.6 Å². The summed E-state index contributed by atoms with van der Waals surface area (Å²) < 4.78 is 0. The van der Waals surface area contributed by atoms with Crippen molar-refractivity contribution in [3.8, 4) is 0 Å². The highest BCUT2D eigenvalue weighted by atomic mass is 16.2. The van der Waals surface area contributed by atoms with Crippen LogP contribution in [0.25, 0.3) is 0 Å². The van der Waals surface area contributed by atoms with Crippen molar-refractivity contribution in [1.82, 2.24) is 5.32 Å². The summed E-state index contributed by atoms with van der Waals surface area (Å²) in [6, 6.07) is 6.99. The van der Waals surface area contributed by atoms with Gasteiger partial charge in [0.05, 0.1) is 6.42 Å². The standard InChI is InChI=1S/C14H21N3O2/c1-3-6-10(2)16-14(19)17-12-8-5-4-7-11(12)9-13(15)18/h4-5,7-8,10H,3,6,9H2,1-2H3,(H2,15,18)(H2,16,17,19).